The Kier molecular flexibility index (Phi) is 7.72. The minimum absolute atomic E-state index is 0.104. The van der Waals surface area contributed by atoms with E-state index in [0.29, 0.717) is 22.0 Å². The SMILES string of the molecule is CCC(C)C(NC(=O)c1ccc(C)c([N+](=O)[O-])c1)C(=O)Nc1nnc(-c2cccc(Cl)c2)s1. The third-order valence-electron chi connectivity index (χ3n) is 5.18. The van der Waals surface area contributed by atoms with Crippen molar-refractivity contribution in [1.29, 1.82) is 0 Å². The number of nitrogens with one attached hydrogen (secondary N) is 2. The fourth-order valence-electron chi connectivity index (χ4n) is 3.07. The highest BCUT2D eigenvalue weighted by Gasteiger charge is 2.28. The van der Waals surface area contributed by atoms with Crippen LogP contribution in [0.4, 0.5) is 10.8 Å². The molecule has 1 heterocycles. The second-order valence-corrected chi connectivity index (χ2v) is 8.92. The van der Waals surface area contributed by atoms with Gasteiger partial charge in [0.15, 0.2) is 0 Å². The van der Waals surface area contributed by atoms with Gasteiger partial charge in [-0.1, -0.05) is 61.4 Å². The maximum Gasteiger partial charge on any atom is 0.273 e. The fourth-order valence-corrected chi connectivity index (χ4v) is 4.00. The number of halogens is 1. The highest BCUT2D eigenvalue weighted by atomic mass is 35.5. The monoisotopic (exact) mass is 487 g/mol. The molecule has 2 amide bonds. The van der Waals surface area contributed by atoms with Gasteiger partial charge in [0.2, 0.25) is 11.0 Å². The lowest BCUT2D eigenvalue weighted by Crippen LogP contribution is -2.47. The predicted molar refractivity (Wildman–Crippen MR) is 128 cm³/mol. The Morgan fingerprint density at radius 1 is 1.21 bits per heavy atom. The Morgan fingerprint density at radius 2 is 1.97 bits per heavy atom. The first-order valence-corrected chi connectivity index (χ1v) is 11.3. The van der Waals surface area contributed by atoms with Crippen molar-refractivity contribution in [1.82, 2.24) is 15.5 Å². The number of nitro groups is 1. The van der Waals surface area contributed by atoms with Gasteiger partial charge < -0.3 is 5.32 Å². The van der Waals surface area contributed by atoms with Crippen LogP contribution in [0.15, 0.2) is 42.5 Å². The molecule has 33 heavy (non-hydrogen) atoms. The number of amides is 2. The molecule has 0 bridgehead atoms. The van der Waals surface area contributed by atoms with E-state index in [-0.39, 0.29) is 22.3 Å². The van der Waals surface area contributed by atoms with E-state index in [1.165, 1.54) is 29.5 Å². The summed E-state index contributed by atoms with van der Waals surface area (Å²) in [7, 11) is 0. The molecular formula is C22H22ClN5O4S. The van der Waals surface area contributed by atoms with Crippen molar-refractivity contribution >= 4 is 45.6 Å². The molecule has 9 nitrogen and oxygen atoms in total. The van der Waals surface area contributed by atoms with Gasteiger partial charge in [0.25, 0.3) is 11.6 Å². The molecule has 2 atom stereocenters. The van der Waals surface area contributed by atoms with E-state index in [1.807, 2.05) is 19.9 Å². The summed E-state index contributed by atoms with van der Waals surface area (Å²) in [5.41, 5.74) is 1.16. The topological polar surface area (TPSA) is 127 Å². The Bertz CT molecular complexity index is 1200. The van der Waals surface area contributed by atoms with Crippen LogP contribution in [0, 0.1) is 23.0 Å². The van der Waals surface area contributed by atoms with Gasteiger partial charge in [-0.2, -0.15) is 0 Å². The lowest BCUT2D eigenvalue weighted by Gasteiger charge is -2.23. The summed E-state index contributed by atoms with van der Waals surface area (Å²) in [6.45, 7) is 5.32. The summed E-state index contributed by atoms with van der Waals surface area (Å²) in [6.07, 6.45) is 0.621. The van der Waals surface area contributed by atoms with Gasteiger partial charge in [-0.25, -0.2) is 0 Å². The number of aromatic nitrogens is 2. The van der Waals surface area contributed by atoms with Crippen LogP contribution in [-0.2, 0) is 4.79 Å². The number of aryl methyl sites for hydroxylation is 1. The van der Waals surface area contributed by atoms with Gasteiger partial charge in [0, 0.05) is 27.8 Å². The highest BCUT2D eigenvalue weighted by Crippen LogP contribution is 2.28. The van der Waals surface area contributed by atoms with Gasteiger partial charge in [0.1, 0.15) is 11.0 Å². The van der Waals surface area contributed by atoms with E-state index in [2.05, 4.69) is 20.8 Å². The zero-order chi connectivity index (χ0) is 24.1. The average molecular weight is 488 g/mol. The zero-order valence-corrected chi connectivity index (χ0v) is 19.7. The van der Waals surface area contributed by atoms with E-state index in [1.54, 1.807) is 25.1 Å². The first kappa shape index (κ1) is 24.3. The highest BCUT2D eigenvalue weighted by molar-refractivity contribution is 7.18. The molecule has 0 aliphatic carbocycles. The van der Waals surface area contributed by atoms with Crippen molar-refractivity contribution in [2.45, 2.75) is 33.2 Å². The first-order chi connectivity index (χ1) is 15.7. The third kappa shape index (κ3) is 5.91. The van der Waals surface area contributed by atoms with Crippen LogP contribution in [-0.4, -0.2) is 33.0 Å². The van der Waals surface area contributed by atoms with Crippen LogP contribution >= 0.6 is 22.9 Å². The Morgan fingerprint density at radius 3 is 2.64 bits per heavy atom. The van der Waals surface area contributed by atoms with Crippen LogP contribution < -0.4 is 10.6 Å². The van der Waals surface area contributed by atoms with E-state index in [0.717, 1.165) is 5.56 Å². The number of carbonyl (C=O) groups is 2. The summed E-state index contributed by atoms with van der Waals surface area (Å²) in [5, 5.41) is 26.1. The zero-order valence-electron chi connectivity index (χ0n) is 18.2. The Hall–Kier alpha value is -3.37. The summed E-state index contributed by atoms with van der Waals surface area (Å²) < 4.78 is 0. The molecule has 0 spiro atoms. The molecular weight excluding hydrogens is 466 g/mol. The van der Waals surface area contributed by atoms with Crippen LogP contribution in [0.5, 0.6) is 0 Å². The van der Waals surface area contributed by atoms with Gasteiger partial charge in [-0.15, -0.1) is 10.2 Å². The number of hydrogen-bond donors (Lipinski definition) is 2. The van der Waals surface area contributed by atoms with Crippen molar-refractivity contribution < 1.29 is 14.5 Å². The molecule has 0 aliphatic heterocycles. The molecule has 0 saturated carbocycles. The lowest BCUT2D eigenvalue weighted by atomic mass is 9.97. The summed E-state index contributed by atoms with van der Waals surface area (Å²) in [5.74, 6) is -1.22. The van der Waals surface area contributed by atoms with Crippen molar-refractivity contribution in [3.8, 4) is 10.6 Å². The van der Waals surface area contributed by atoms with Crippen LogP contribution in [0.2, 0.25) is 5.02 Å². The maximum absolute atomic E-state index is 13.0. The van der Waals surface area contributed by atoms with Gasteiger partial charge >= 0.3 is 0 Å². The van der Waals surface area contributed by atoms with Crippen LogP contribution in [0.25, 0.3) is 10.6 Å². The fraction of sp³-hybridized carbons (Fsp3) is 0.273. The summed E-state index contributed by atoms with van der Waals surface area (Å²) in [4.78, 5) is 36.4. The molecule has 3 aromatic rings. The molecule has 0 aliphatic rings. The second-order valence-electron chi connectivity index (χ2n) is 7.51. The second kappa shape index (κ2) is 10.5. The molecule has 0 saturated heterocycles. The minimum atomic E-state index is -0.874. The first-order valence-electron chi connectivity index (χ1n) is 10.2. The number of rotatable bonds is 8. The predicted octanol–water partition coefficient (Wildman–Crippen LogP) is 4.86. The number of anilines is 1. The molecule has 1 aromatic heterocycles. The molecule has 2 unspecified atom stereocenters. The van der Waals surface area contributed by atoms with Crippen molar-refractivity contribution in [2.24, 2.45) is 5.92 Å². The molecule has 2 aromatic carbocycles. The maximum atomic E-state index is 13.0. The molecule has 11 heteroatoms. The number of benzene rings is 2. The molecule has 3 rings (SSSR count). The van der Waals surface area contributed by atoms with Gasteiger partial charge in [0.05, 0.1) is 4.92 Å². The Balaban J connectivity index is 1.76. The normalized spacial score (nSPS) is 12.6. The smallest absolute Gasteiger partial charge is 0.273 e. The van der Waals surface area contributed by atoms with E-state index < -0.39 is 22.8 Å². The Labute approximate surface area is 199 Å². The quantitative estimate of drug-likeness (QED) is 0.345. The molecule has 0 radical (unpaired) electrons. The van der Waals surface area contributed by atoms with Gasteiger partial charge in [-0.3, -0.25) is 25.0 Å². The van der Waals surface area contributed by atoms with E-state index >= 15 is 0 Å². The summed E-state index contributed by atoms with van der Waals surface area (Å²) in [6, 6.07) is 10.4. The van der Waals surface area contributed by atoms with Crippen molar-refractivity contribution in [3.05, 3.63) is 68.7 Å². The minimum Gasteiger partial charge on any atom is -0.340 e. The largest absolute Gasteiger partial charge is 0.340 e. The third-order valence-corrected chi connectivity index (χ3v) is 6.30. The number of carbonyl (C=O) groups excluding carboxylic acids is 2. The van der Waals surface area contributed by atoms with E-state index in [4.69, 9.17) is 11.6 Å². The summed E-state index contributed by atoms with van der Waals surface area (Å²) >= 11 is 7.20. The molecule has 172 valence electrons. The number of nitro benzene ring substituents is 1. The van der Waals surface area contributed by atoms with Crippen molar-refractivity contribution in [3.63, 3.8) is 0 Å². The average Bonchev–Trinajstić information content (AvgIpc) is 3.25. The number of nitrogens with zero attached hydrogens (tertiary/aromatic N) is 3. The standard InChI is InChI=1S/C22H22ClN5O4S/c1-4-12(2)18(24-19(29)14-9-8-13(3)17(11-14)28(31)32)20(30)25-22-27-26-21(33-22)15-6-5-7-16(23)10-15/h5-12,18H,4H2,1-3H3,(H,24,29)(H,25,27,30). The number of hydrogen-bond acceptors (Lipinski definition) is 7. The van der Waals surface area contributed by atoms with Crippen molar-refractivity contribution in [2.75, 3.05) is 5.32 Å². The lowest BCUT2D eigenvalue weighted by molar-refractivity contribution is -0.385. The van der Waals surface area contributed by atoms with Gasteiger partial charge in [-0.05, 0) is 31.0 Å². The van der Waals surface area contributed by atoms with Crippen LogP contribution in [0.1, 0.15) is 36.2 Å². The van der Waals surface area contributed by atoms with Crippen LogP contribution in [0.3, 0.4) is 0 Å². The molecule has 0 fully saturated rings. The van der Waals surface area contributed by atoms with E-state index in [9.17, 15) is 19.7 Å². The molecule has 2 N–H and O–H groups in total.